The van der Waals surface area contributed by atoms with E-state index >= 15 is 0 Å². The summed E-state index contributed by atoms with van der Waals surface area (Å²) in [6.45, 7) is 0. The van der Waals surface area contributed by atoms with Crippen molar-refractivity contribution in [1.82, 2.24) is 14.5 Å². The number of nitrogens with one attached hydrogen (secondary N) is 1. The third-order valence-electron chi connectivity index (χ3n) is 2.34. The van der Waals surface area contributed by atoms with E-state index in [-0.39, 0.29) is 0 Å². The van der Waals surface area contributed by atoms with Crippen LogP contribution in [0.25, 0.3) is 16.9 Å². The van der Waals surface area contributed by atoms with E-state index in [4.69, 9.17) is 11.6 Å². The average molecular weight is 218 g/mol. The molecule has 2 heterocycles. The molecule has 0 unspecified atom stereocenters. The number of H-pyrrole nitrogens is 1. The first-order valence-corrected chi connectivity index (χ1v) is 5.01. The van der Waals surface area contributed by atoms with Crippen LogP contribution in [0.2, 0.25) is 5.28 Å². The van der Waals surface area contributed by atoms with Gasteiger partial charge >= 0.3 is 0 Å². The molecular weight excluding hydrogens is 210 g/mol. The predicted molar refractivity (Wildman–Crippen MR) is 60.4 cm³/mol. The Balaban J connectivity index is 2.39. The third-order valence-corrected chi connectivity index (χ3v) is 2.60. The number of rotatable bonds is 1. The van der Waals surface area contributed by atoms with Crippen molar-refractivity contribution in [3.05, 3.63) is 47.9 Å². The van der Waals surface area contributed by atoms with Gasteiger partial charge in [0.15, 0.2) is 0 Å². The van der Waals surface area contributed by atoms with E-state index in [0.29, 0.717) is 5.28 Å². The summed E-state index contributed by atoms with van der Waals surface area (Å²) in [7, 11) is 0. The number of halogens is 1. The second kappa shape index (κ2) is 3.14. The molecule has 0 aliphatic heterocycles. The van der Waals surface area contributed by atoms with Crippen molar-refractivity contribution in [1.29, 1.82) is 0 Å². The number of aromatic nitrogens is 3. The molecular formula is C11H8ClN3. The molecule has 3 nitrogen and oxygen atoms in total. The SMILES string of the molecule is Clc1nc2ccccc2n1-c1ccc[nH]1. The summed E-state index contributed by atoms with van der Waals surface area (Å²) in [5.74, 6) is 0.925. The molecule has 1 N–H and O–H groups in total. The Morgan fingerprint density at radius 3 is 2.80 bits per heavy atom. The number of benzene rings is 1. The maximum atomic E-state index is 6.09. The van der Waals surface area contributed by atoms with Crippen LogP contribution < -0.4 is 0 Å². The van der Waals surface area contributed by atoms with E-state index in [2.05, 4.69) is 9.97 Å². The Hall–Kier alpha value is -1.74. The molecule has 4 heteroatoms. The Morgan fingerprint density at radius 1 is 1.13 bits per heavy atom. The number of aromatic amines is 1. The first-order valence-electron chi connectivity index (χ1n) is 4.63. The highest BCUT2D eigenvalue weighted by Crippen LogP contribution is 2.22. The molecule has 0 fully saturated rings. The van der Waals surface area contributed by atoms with Gasteiger partial charge in [-0.25, -0.2) is 4.98 Å². The molecule has 0 saturated heterocycles. The van der Waals surface area contributed by atoms with Crippen LogP contribution >= 0.6 is 11.6 Å². The van der Waals surface area contributed by atoms with Gasteiger partial charge in [-0.05, 0) is 35.9 Å². The van der Waals surface area contributed by atoms with E-state index in [1.54, 1.807) is 0 Å². The summed E-state index contributed by atoms with van der Waals surface area (Å²) < 4.78 is 1.89. The number of nitrogens with zero attached hydrogens (tertiary/aromatic N) is 2. The zero-order chi connectivity index (χ0) is 10.3. The lowest BCUT2D eigenvalue weighted by Crippen LogP contribution is -1.93. The Kier molecular flexibility index (Phi) is 1.79. The molecule has 0 spiro atoms. The number of hydrogen-bond acceptors (Lipinski definition) is 1. The van der Waals surface area contributed by atoms with Gasteiger partial charge in [0.1, 0.15) is 5.82 Å². The molecule has 0 bridgehead atoms. The largest absolute Gasteiger partial charge is 0.348 e. The predicted octanol–water partition coefficient (Wildman–Crippen LogP) is 3.01. The van der Waals surface area contributed by atoms with Crippen molar-refractivity contribution >= 4 is 22.6 Å². The number of imidazole rings is 1. The van der Waals surface area contributed by atoms with Crippen molar-refractivity contribution in [2.75, 3.05) is 0 Å². The highest BCUT2D eigenvalue weighted by atomic mass is 35.5. The third kappa shape index (κ3) is 1.24. The quantitative estimate of drug-likeness (QED) is 0.668. The Morgan fingerprint density at radius 2 is 2.00 bits per heavy atom. The van der Waals surface area contributed by atoms with Crippen LogP contribution in [-0.4, -0.2) is 14.5 Å². The van der Waals surface area contributed by atoms with Gasteiger partial charge in [-0.3, -0.25) is 4.57 Å². The van der Waals surface area contributed by atoms with Gasteiger partial charge in [-0.15, -0.1) is 0 Å². The average Bonchev–Trinajstić information content (AvgIpc) is 2.82. The Bertz CT molecular complexity index is 595. The summed E-state index contributed by atoms with van der Waals surface area (Å²) in [6.07, 6.45) is 1.86. The van der Waals surface area contributed by atoms with Crippen LogP contribution in [0.4, 0.5) is 0 Å². The molecule has 0 atom stereocenters. The molecule has 1 aromatic carbocycles. The molecule has 3 rings (SSSR count). The van der Waals surface area contributed by atoms with E-state index in [9.17, 15) is 0 Å². The lowest BCUT2D eigenvalue weighted by molar-refractivity contribution is 1.04. The smallest absolute Gasteiger partial charge is 0.209 e. The lowest BCUT2D eigenvalue weighted by Gasteiger charge is -2.01. The van der Waals surface area contributed by atoms with E-state index in [1.165, 1.54) is 0 Å². The van der Waals surface area contributed by atoms with Crippen molar-refractivity contribution in [2.24, 2.45) is 0 Å². The van der Waals surface area contributed by atoms with Gasteiger partial charge in [-0.1, -0.05) is 12.1 Å². The topological polar surface area (TPSA) is 33.6 Å². The second-order valence-electron chi connectivity index (χ2n) is 3.26. The molecule has 74 valence electrons. The zero-order valence-corrected chi connectivity index (χ0v) is 8.57. The zero-order valence-electron chi connectivity index (χ0n) is 7.81. The summed E-state index contributed by atoms with van der Waals surface area (Å²) in [6, 6.07) is 11.8. The fraction of sp³-hybridized carbons (Fsp3) is 0. The van der Waals surface area contributed by atoms with Crippen LogP contribution in [0.1, 0.15) is 0 Å². The van der Waals surface area contributed by atoms with Crippen LogP contribution in [0.15, 0.2) is 42.6 Å². The van der Waals surface area contributed by atoms with Crippen molar-refractivity contribution < 1.29 is 0 Å². The highest BCUT2D eigenvalue weighted by Gasteiger charge is 2.09. The maximum Gasteiger partial charge on any atom is 0.209 e. The monoisotopic (exact) mass is 217 g/mol. The molecule has 0 aliphatic rings. The standard InChI is InChI=1S/C11H8ClN3/c12-11-14-8-4-1-2-5-9(8)15(11)10-6-3-7-13-10/h1-7,13H. The summed E-state index contributed by atoms with van der Waals surface area (Å²) in [5, 5.41) is 0.471. The van der Waals surface area contributed by atoms with E-state index in [0.717, 1.165) is 16.9 Å². The molecule has 0 amide bonds. The first kappa shape index (κ1) is 8.56. The van der Waals surface area contributed by atoms with E-state index in [1.807, 2.05) is 47.2 Å². The van der Waals surface area contributed by atoms with Gasteiger partial charge in [0.2, 0.25) is 5.28 Å². The number of fused-ring (bicyclic) bond motifs is 1. The van der Waals surface area contributed by atoms with Gasteiger partial charge in [0, 0.05) is 6.20 Å². The molecule has 2 aromatic heterocycles. The minimum atomic E-state index is 0.471. The molecule has 0 aliphatic carbocycles. The minimum absolute atomic E-state index is 0.471. The van der Waals surface area contributed by atoms with E-state index < -0.39 is 0 Å². The minimum Gasteiger partial charge on any atom is -0.348 e. The van der Waals surface area contributed by atoms with Crippen molar-refractivity contribution in [3.8, 4) is 5.82 Å². The van der Waals surface area contributed by atoms with Gasteiger partial charge < -0.3 is 4.98 Å². The molecule has 15 heavy (non-hydrogen) atoms. The normalized spacial score (nSPS) is 11.0. The number of hydrogen-bond donors (Lipinski definition) is 1. The van der Waals surface area contributed by atoms with Gasteiger partial charge in [-0.2, -0.15) is 0 Å². The summed E-state index contributed by atoms with van der Waals surface area (Å²) in [4.78, 5) is 7.39. The Labute approximate surface area is 91.3 Å². The second-order valence-corrected chi connectivity index (χ2v) is 3.60. The fourth-order valence-corrected chi connectivity index (χ4v) is 1.96. The fourth-order valence-electron chi connectivity index (χ4n) is 1.69. The first-order chi connectivity index (χ1) is 7.36. The van der Waals surface area contributed by atoms with Gasteiger partial charge in [0.25, 0.3) is 0 Å². The molecule has 0 saturated carbocycles. The molecule has 3 aromatic rings. The van der Waals surface area contributed by atoms with Crippen LogP contribution in [0.3, 0.4) is 0 Å². The van der Waals surface area contributed by atoms with Crippen LogP contribution in [0.5, 0.6) is 0 Å². The highest BCUT2D eigenvalue weighted by molar-refractivity contribution is 6.29. The van der Waals surface area contributed by atoms with Crippen LogP contribution in [-0.2, 0) is 0 Å². The van der Waals surface area contributed by atoms with Gasteiger partial charge in [0.05, 0.1) is 11.0 Å². The van der Waals surface area contributed by atoms with Crippen molar-refractivity contribution in [2.45, 2.75) is 0 Å². The summed E-state index contributed by atoms with van der Waals surface area (Å²) >= 11 is 6.09. The van der Waals surface area contributed by atoms with Crippen molar-refractivity contribution in [3.63, 3.8) is 0 Å². The summed E-state index contributed by atoms with van der Waals surface area (Å²) in [5.41, 5.74) is 1.90. The number of para-hydroxylation sites is 2. The molecule has 0 radical (unpaired) electrons. The van der Waals surface area contributed by atoms with Crippen LogP contribution in [0, 0.1) is 0 Å². The maximum absolute atomic E-state index is 6.09. The lowest BCUT2D eigenvalue weighted by atomic mass is 10.3.